The number of amides is 2. The number of carbonyl (C=O) groups excluding carboxylic acids is 1. The maximum atomic E-state index is 11.9. The Kier molecular flexibility index (Phi) is 6.52. The molecule has 4 nitrogen and oxygen atoms in total. The molecule has 0 aromatic heterocycles. The molecule has 1 aromatic carbocycles. The molecule has 0 radical (unpaired) electrons. The van der Waals surface area contributed by atoms with Crippen LogP contribution in [0.5, 0.6) is 0 Å². The lowest BCUT2D eigenvalue weighted by atomic mass is 9.98. The summed E-state index contributed by atoms with van der Waals surface area (Å²) < 4.78 is 0. The number of hydrogen-bond donors (Lipinski definition) is 3. The highest BCUT2D eigenvalue weighted by Crippen LogP contribution is 2.27. The van der Waals surface area contributed by atoms with E-state index in [0.717, 1.165) is 23.2 Å². The average Bonchev–Trinajstić information content (AvgIpc) is 2.39. The van der Waals surface area contributed by atoms with Gasteiger partial charge < -0.3 is 15.7 Å². The number of rotatable bonds is 6. The SMILES string of the molecule is CCCC(O)CNC(=O)Nc1c(C)cccc1C(C)C. The molecule has 4 heteroatoms. The van der Waals surface area contributed by atoms with E-state index in [0.29, 0.717) is 12.3 Å². The lowest BCUT2D eigenvalue weighted by molar-refractivity contribution is 0.162. The Morgan fingerprint density at radius 1 is 1.35 bits per heavy atom. The van der Waals surface area contributed by atoms with Gasteiger partial charge in [0.15, 0.2) is 0 Å². The summed E-state index contributed by atoms with van der Waals surface area (Å²) in [6, 6.07) is 5.74. The lowest BCUT2D eigenvalue weighted by Crippen LogP contribution is -2.35. The van der Waals surface area contributed by atoms with E-state index in [1.165, 1.54) is 0 Å². The molecule has 1 unspecified atom stereocenters. The smallest absolute Gasteiger partial charge is 0.319 e. The molecule has 0 spiro atoms. The number of anilines is 1. The van der Waals surface area contributed by atoms with E-state index in [1.807, 2.05) is 32.0 Å². The molecule has 3 N–H and O–H groups in total. The third-order valence-electron chi connectivity index (χ3n) is 3.29. The van der Waals surface area contributed by atoms with Crippen LogP contribution in [0, 0.1) is 6.92 Å². The summed E-state index contributed by atoms with van der Waals surface area (Å²) in [5, 5.41) is 15.2. The molecule has 2 amide bonds. The fraction of sp³-hybridized carbons (Fsp3) is 0.562. The number of aliphatic hydroxyl groups excluding tert-OH is 1. The third kappa shape index (κ3) is 4.85. The minimum atomic E-state index is -0.479. The zero-order valence-corrected chi connectivity index (χ0v) is 12.9. The minimum Gasteiger partial charge on any atom is -0.391 e. The van der Waals surface area contributed by atoms with Crippen LogP contribution in [0.1, 0.15) is 50.7 Å². The maximum Gasteiger partial charge on any atom is 0.319 e. The Morgan fingerprint density at radius 2 is 2.05 bits per heavy atom. The molecule has 0 saturated carbocycles. The maximum absolute atomic E-state index is 11.9. The van der Waals surface area contributed by atoms with Gasteiger partial charge in [0.2, 0.25) is 0 Å². The number of nitrogens with one attached hydrogen (secondary N) is 2. The van der Waals surface area contributed by atoms with E-state index in [4.69, 9.17) is 0 Å². The van der Waals surface area contributed by atoms with E-state index in [-0.39, 0.29) is 12.6 Å². The van der Waals surface area contributed by atoms with Crippen molar-refractivity contribution in [1.82, 2.24) is 5.32 Å². The topological polar surface area (TPSA) is 61.4 Å². The monoisotopic (exact) mass is 278 g/mol. The zero-order chi connectivity index (χ0) is 15.1. The molecule has 0 bridgehead atoms. The Balaban J connectivity index is 2.66. The molecule has 112 valence electrons. The van der Waals surface area contributed by atoms with Crippen LogP contribution in [0.4, 0.5) is 10.5 Å². The van der Waals surface area contributed by atoms with Crippen molar-refractivity contribution in [2.24, 2.45) is 0 Å². The number of aliphatic hydroxyl groups is 1. The van der Waals surface area contributed by atoms with Crippen molar-refractivity contribution >= 4 is 11.7 Å². The molecule has 1 atom stereocenters. The van der Waals surface area contributed by atoms with Gasteiger partial charge in [-0.3, -0.25) is 0 Å². The molecule has 0 fully saturated rings. The standard InChI is InChI=1S/C16H26N2O2/c1-5-7-13(19)10-17-16(20)18-15-12(4)8-6-9-14(15)11(2)3/h6,8-9,11,13,19H,5,7,10H2,1-4H3,(H2,17,18,20). The van der Waals surface area contributed by atoms with E-state index < -0.39 is 6.10 Å². The fourth-order valence-electron chi connectivity index (χ4n) is 2.15. The van der Waals surface area contributed by atoms with Gasteiger partial charge in [-0.2, -0.15) is 0 Å². The summed E-state index contributed by atoms with van der Waals surface area (Å²) >= 11 is 0. The highest BCUT2D eigenvalue weighted by atomic mass is 16.3. The number of hydrogen-bond acceptors (Lipinski definition) is 2. The molecule has 0 aliphatic rings. The van der Waals surface area contributed by atoms with Crippen LogP contribution in [-0.2, 0) is 0 Å². The average molecular weight is 278 g/mol. The molecule has 1 rings (SSSR count). The minimum absolute atomic E-state index is 0.267. The van der Waals surface area contributed by atoms with Crippen LogP contribution in [-0.4, -0.2) is 23.8 Å². The van der Waals surface area contributed by atoms with E-state index in [9.17, 15) is 9.90 Å². The van der Waals surface area contributed by atoms with Crippen molar-refractivity contribution in [2.75, 3.05) is 11.9 Å². The molecule has 0 saturated heterocycles. The summed E-state index contributed by atoms with van der Waals surface area (Å²) in [6.07, 6.45) is 1.12. The van der Waals surface area contributed by atoms with Crippen molar-refractivity contribution in [3.05, 3.63) is 29.3 Å². The molecule has 0 aliphatic heterocycles. The van der Waals surface area contributed by atoms with Crippen LogP contribution in [0.2, 0.25) is 0 Å². The van der Waals surface area contributed by atoms with Crippen LogP contribution in [0.15, 0.2) is 18.2 Å². The molecule has 1 aromatic rings. The highest BCUT2D eigenvalue weighted by Gasteiger charge is 2.12. The van der Waals surface area contributed by atoms with Crippen LogP contribution >= 0.6 is 0 Å². The van der Waals surface area contributed by atoms with E-state index in [1.54, 1.807) is 0 Å². The number of urea groups is 1. The van der Waals surface area contributed by atoms with Crippen molar-refractivity contribution in [1.29, 1.82) is 0 Å². The number of aryl methyl sites for hydroxylation is 1. The van der Waals surface area contributed by atoms with Crippen molar-refractivity contribution < 1.29 is 9.90 Å². The summed E-state index contributed by atoms with van der Waals surface area (Å²) in [5.74, 6) is 0.343. The van der Waals surface area contributed by atoms with Gasteiger partial charge in [0.05, 0.1) is 6.10 Å². The molecule has 20 heavy (non-hydrogen) atoms. The zero-order valence-electron chi connectivity index (χ0n) is 12.9. The Morgan fingerprint density at radius 3 is 2.65 bits per heavy atom. The van der Waals surface area contributed by atoms with Crippen LogP contribution < -0.4 is 10.6 Å². The van der Waals surface area contributed by atoms with Gasteiger partial charge in [0.25, 0.3) is 0 Å². The Bertz CT molecular complexity index is 444. The summed E-state index contributed by atoms with van der Waals surface area (Å²) in [7, 11) is 0. The second-order valence-electron chi connectivity index (χ2n) is 5.47. The van der Waals surface area contributed by atoms with Gasteiger partial charge in [0, 0.05) is 12.2 Å². The largest absolute Gasteiger partial charge is 0.391 e. The highest BCUT2D eigenvalue weighted by molar-refractivity contribution is 5.91. The first-order valence-electron chi connectivity index (χ1n) is 7.28. The summed E-state index contributed by atoms with van der Waals surface area (Å²) in [6.45, 7) is 8.47. The second-order valence-corrected chi connectivity index (χ2v) is 5.47. The van der Waals surface area contributed by atoms with Gasteiger partial charge in [-0.25, -0.2) is 4.79 Å². The van der Waals surface area contributed by atoms with Gasteiger partial charge in [-0.05, 0) is 30.4 Å². The van der Waals surface area contributed by atoms with E-state index in [2.05, 4.69) is 24.5 Å². The first-order chi connectivity index (χ1) is 9.45. The van der Waals surface area contributed by atoms with Crippen LogP contribution in [0.25, 0.3) is 0 Å². The van der Waals surface area contributed by atoms with E-state index >= 15 is 0 Å². The number of benzene rings is 1. The second kappa shape index (κ2) is 7.90. The lowest BCUT2D eigenvalue weighted by Gasteiger charge is -2.17. The number of carbonyl (C=O) groups is 1. The van der Waals surface area contributed by atoms with Crippen LogP contribution in [0.3, 0.4) is 0 Å². The molecule has 0 heterocycles. The summed E-state index contributed by atoms with van der Waals surface area (Å²) in [5.41, 5.74) is 3.03. The first kappa shape index (κ1) is 16.5. The van der Waals surface area contributed by atoms with Gasteiger partial charge in [0.1, 0.15) is 0 Å². The Labute approximate surface area is 121 Å². The fourth-order valence-corrected chi connectivity index (χ4v) is 2.15. The van der Waals surface area contributed by atoms with Gasteiger partial charge >= 0.3 is 6.03 Å². The van der Waals surface area contributed by atoms with Crippen molar-refractivity contribution in [3.63, 3.8) is 0 Å². The predicted octanol–water partition coefficient (Wildman–Crippen LogP) is 3.40. The first-order valence-corrected chi connectivity index (χ1v) is 7.28. The molecular formula is C16H26N2O2. The van der Waals surface area contributed by atoms with Gasteiger partial charge in [-0.15, -0.1) is 0 Å². The molecular weight excluding hydrogens is 252 g/mol. The quantitative estimate of drug-likeness (QED) is 0.747. The predicted molar refractivity (Wildman–Crippen MR) is 83.2 cm³/mol. The normalized spacial score (nSPS) is 12.3. The van der Waals surface area contributed by atoms with Crippen molar-refractivity contribution in [3.8, 4) is 0 Å². The molecule has 0 aliphatic carbocycles. The van der Waals surface area contributed by atoms with Crippen molar-refractivity contribution in [2.45, 2.75) is 52.6 Å². The Hall–Kier alpha value is -1.55. The number of para-hydroxylation sites is 1. The summed E-state index contributed by atoms with van der Waals surface area (Å²) in [4.78, 5) is 11.9. The van der Waals surface area contributed by atoms with Gasteiger partial charge in [-0.1, -0.05) is 45.4 Å². The third-order valence-corrected chi connectivity index (χ3v) is 3.29.